The quantitative estimate of drug-likeness (QED) is 0.716. The molecule has 2 fully saturated rings. The van der Waals surface area contributed by atoms with Gasteiger partial charge in [-0.2, -0.15) is 0 Å². The lowest BCUT2D eigenvalue weighted by Crippen LogP contribution is -2.30. The van der Waals surface area contributed by atoms with Gasteiger partial charge in [0.15, 0.2) is 0 Å². The van der Waals surface area contributed by atoms with Crippen LogP contribution < -0.4 is 0 Å². The second kappa shape index (κ2) is 8.83. The first-order chi connectivity index (χ1) is 12.0. The summed E-state index contributed by atoms with van der Waals surface area (Å²) in [6.45, 7) is 7.15. The minimum atomic E-state index is -0.626. The second-order valence-corrected chi connectivity index (χ2v) is 8.48. The van der Waals surface area contributed by atoms with Gasteiger partial charge in [-0.3, -0.25) is 0 Å². The number of rotatable bonds is 6. The minimum Gasteiger partial charge on any atom is -0.306 e. The Morgan fingerprint density at radius 3 is 2.60 bits per heavy atom. The summed E-state index contributed by atoms with van der Waals surface area (Å²) in [6.07, 6.45) is 4.74. The van der Waals surface area contributed by atoms with Crippen molar-refractivity contribution in [1.82, 2.24) is 9.80 Å². The maximum Gasteiger partial charge on any atom is 0.114 e. The third-order valence-corrected chi connectivity index (χ3v) is 6.32. The van der Waals surface area contributed by atoms with Crippen molar-refractivity contribution in [3.05, 3.63) is 34.3 Å². The molecular formula is C21H32ClFN2. The van der Waals surface area contributed by atoms with Crippen LogP contribution in [-0.2, 0) is 6.42 Å². The molecule has 1 aromatic carbocycles. The minimum absolute atomic E-state index is 0.578. The van der Waals surface area contributed by atoms with Crippen molar-refractivity contribution in [3.63, 3.8) is 0 Å². The van der Waals surface area contributed by atoms with E-state index in [-0.39, 0.29) is 0 Å². The molecule has 0 amide bonds. The van der Waals surface area contributed by atoms with Gasteiger partial charge in [-0.15, -0.1) is 0 Å². The summed E-state index contributed by atoms with van der Waals surface area (Å²) in [5.41, 5.74) is 2.92. The number of alkyl halides is 1. The molecule has 1 aromatic rings. The molecule has 0 aliphatic carbocycles. The van der Waals surface area contributed by atoms with Crippen molar-refractivity contribution in [1.29, 1.82) is 0 Å². The Morgan fingerprint density at radius 2 is 1.96 bits per heavy atom. The monoisotopic (exact) mass is 366 g/mol. The summed E-state index contributed by atoms with van der Waals surface area (Å²) >= 11 is 6.33. The summed E-state index contributed by atoms with van der Waals surface area (Å²) < 4.78 is 13.5. The van der Waals surface area contributed by atoms with Crippen LogP contribution in [-0.4, -0.2) is 55.7 Å². The summed E-state index contributed by atoms with van der Waals surface area (Å²) in [7, 11) is 2.21. The fraction of sp³-hybridized carbons (Fsp3) is 0.714. The maximum atomic E-state index is 13.5. The lowest BCUT2D eigenvalue weighted by Gasteiger charge is -2.31. The van der Waals surface area contributed by atoms with Gasteiger partial charge in [0.1, 0.15) is 6.17 Å². The van der Waals surface area contributed by atoms with Crippen molar-refractivity contribution in [2.24, 2.45) is 5.92 Å². The Hall–Kier alpha value is -0.640. The van der Waals surface area contributed by atoms with Gasteiger partial charge >= 0.3 is 0 Å². The van der Waals surface area contributed by atoms with Crippen LogP contribution in [0.4, 0.5) is 4.39 Å². The molecule has 140 valence electrons. The highest BCUT2D eigenvalue weighted by Gasteiger charge is 2.25. The molecule has 25 heavy (non-hydrogen) atoms. The molecule has 2 aliphatic heterocycles. The smallest absolute Gasteiger partial charge is 0.114 e. The average molecular weight is 367 g/mol. The zero-order valence-corrected chi connectivity index (χ0v) is 16.4. The lowest BCUT2D eigenvalue weighted by atomic mass is 9.83. The van der Waals surface area contributed by atoms with Gasteiger partial charge in [-0.05, 0) is 80.9 Å². The van der Waals surface area contributed by atoms with Crippen LogP contribution in [0.2, 0.25) is 5.02 Å². The van der Waals surface area contributed by atoms with Crippen LogP contribution in [0.25, 0.3) is 0 Å². The number of hydrogen-bond donors (Lipinski definition) is 0. The summed E-state index contributed by atoms with van der Waals surface area (Å²) in [5, 5.41) is 0.839. The van der Waals surface area contributed by atoms with Gasteiger partial charge < -0.3 is 9.80 Å². The van der Waals surface area contributed by atoms with Crippen molar-refractivity contribution in [3.8, 4) is 0 Å². The first-order valence-corrected chi connectivity index (χ1v) is 10.3. The molecule has 0 N–H and O–H groups in total. The molecule has 2 nitrogen and oxygen atoms in total. The second-order valence-electron chi connectivity index (χ2n) is 8.04. The van der Waals surface area contributed by atoms with Crippen molar-refractivity contribution >= 4 is 11.6 Å². The Bertz CT molecular complexity index is 557. The number of halogens is 2. The van der Waals surface area contributed by atoms with E-state index in [1.165, 1.54) is 37.1 Å². The fourth-order valence-electron chi connectivity index (χ4n) is 4.43. The van der Waals surface area contributed by atoms with E-state index in [1.54, 1.807) is 0 Å². The summed E-state index contributed by atoms with van der Waals surface area (Å²) in [6, 6.07) is 6.49. The molecule has 2 aliphatic rings. The van der Waals surface area contributed by atoms with E-state index in [0.29, 0.717) is 24.8 Å². The van der Waals surface area contributed by atoms with Gasteiger partial charge in [-0.1, -0.05) is 31.0 Å². The third-order valence-electron chi connectivity index (χ3n) is 6.08. The summed E-state index contributed by atoms with van der Waals surface area (Å²) in [4.78, 5) is 4.72. The number of likely N-dealkylation sites (tertiary alicyclic amines) is 2. The van der Waals surface area contributed by atoms with Crippen LogP contribution >= 0.6 is 11.6 Å². The molecule has 0 aromatic heterocycles. The molecule has 3 rings (SSSR count). The predicted octanol–water partition coefficient (Wildman–Crippen LogP) is 4.76. The lowest BCUT2D eigenvalue weighted by molar-refractivity contribution is 0.244. The van der Waals surface area contributed by atoms with Gasteiger partial charge in [0.05, 0.1) is 0 Å². The molecule has 1 unspecified atom stereocenters. The van der Waals surface area contributed by atoms with E-state index in [4.69, 9.17) is 11.6 Å². The van der Waals surface area contributed by atoms with E-state index in [0.717, 1.165) is 31.0 Å². The predicted molar refractivity (Wildman–Crippen MR) is 104 cm³/mol. The van der Waals surface area contributed by atoms with Crippen LogP contribution in [0, 0.1) is 5.92 Å². The Labute approximate surface area is 157 Å². The number of benzene rings is 1. The molecule has 2 heterocycles. The standard InChI is InChI=1S/C21H32ClFN2/c1-3-16(14-25-11-8-20(23)15-25)12-18-13-19(22)4-5-21(18)17-6-9-24(2)10-7-17/h4-5,13,16-17,20H,3,6-12,14-15H2,1-2H3/t16?,20-/m1/s1. The zero-order chi connectivity index (χ0) is 17.8. The molecule has 2 atom stereocenters. The van der Waals surface area contributed by atoms with E-state index < -0.39 is 6.17 Å². The van der Waals surface area contributed by atoms with Crippen LogP contribution in [0.1, 0.15) is 49.7 Å². The molecule has 0 saturated carbocycles. The summed E-state index contributed by atoms with van der Waals surface area (Å²) in [5.74, 6) is 1.23. The van der Waals surface area contributed by atoms with E-state index in [1.807, 2.05) is 6.07 Å². The van der Waals surface area contributed by atoms with Crippen molar-refractivity contribution < 1.29 is 4.39 Å². The van der Waals surface area contributed by atoms with Gasteiger partial charge in [0, 0.05) is 24.7 Å². The number of nitrogens with zero attached hydrogens (tertiary/aromatic N) is 2. The maximum absolute atomic E-state index is 13.5. The largest absolute Gasteiger partial charge is 0.306 e. The molecule has 0 bridgehead atoms. The van der Waals surface area contributed by atoms with Crippen LogP contribution in [0.15, 0.2) is 18.2 Å². The normalized spacial score (nSPS) is 24.7. The molecular weight excluding hydrogens is 335 g/mol. The first-order valence-electron chi connectivity index (χ1n) is 9.88. The fourth-order valence-corrected chi connectivity index (χ4v) is 4.63. The number of piperidine rings is 1. The molecule has 2 saturated heterocycles. The topological polar surface area (TPSA) is 6.48 Å². The highest BCUT2D eigenvalue weighted by Crippen LogP contribution is 2.33. The molecule has 0 radical (unpaired) electrons. The van der Waals surface area contributed by atoms with Crippen molar-refractivity contribution in [2.45, 2.75) is 51.1 Å². The zero-order valence-electron chi connectivity index (χ0n) is 15.7. The van der Waals surface area contributed by atoms with Crippen LogP contribution in [0.3, 0.4) is 0 Å². The van der Waals surface area contributed by atoms with Crippen LogP contribution in [0.5, 0.6) is 0 Å². The van der Waals surface area contributed by atoms with Crippen molar-refractivity contribution in [2.75, 3.05) is 39.8 Å². The molecule has 0 spiro atoms. The Morgan fingerprint density at radius 1 is 1.20 bits per heavy atom. The van der Waals surface area contributed by atoms with Gasteiger partial charge in [0.25, 0.3) is 0 Å². The van der Waals surface area contributed by atoms with E-state index in [2.05, 4.69) is 35.9 Å². The van der Waals surface area contributed by atoms with E-state index in [9.17, 15) is 4.39 Å². The highest BCUT2D eigenvalue weighted by atomic mass is 35.5. The van der Waals surface area contributed by atoms with Gasteiger partial charge in [-0.25, -0.2) is 4.39 Å². The highest BCUT2D eigenvalue weighted by molar-refractivity contribution is 6.30. The average Bonchev–Trinajstić information content (AvgIpc) is 3.00. The third kappa shape index (κ3) is 5.18. The number of hydrogen-bond acceptors (Lipinski definition) is 2. The SMILES string of the molecule is CCC(Cc1cc(Cl)ccc1C1CCN(C)CC1)CN1CC[C@@H](F)C1. The Kier molecular flexibility index (Phi) is 6.76. The Balaban J connectivity index is 1.70. The molecule has 4 heteroatoms. The van der Waals surface area contributed by atoms with E-state index >= 15 is 0 Å². The van der Waals surface area contributed by atoms with Gasteiger partial charge in [0.2, 0.25) is 0 Å². The first kappa shape index (κ1) is 19.1.